The standard InChI is InChI=1S/C11H14N2O2/c1-3-13-6-8-7(11(13)14)4-5-9(12)10(8)15-2/h4-5H,3,6,12H2,1-2H3. The predicted molar refractivity (Wildman–Crippen MR) is 57.8 cm³/mol. The number of fused-ring (bicyclic) bond motifs is 1. The minimum atomic E-state index is 0.0609. The van der Waals surface area contributed by atoms with Gasteiger partial charge in [-0.15, -0.1) is 0 Å². The molecule has 15 heavy (non-hydrogen) atoms. The Kier molecular flexibility index (Phi) is 2.26. The molecule has 80 valence electrons. The highest BCUT2D eigenvalue weighted by Crippen LogP contribution is 2.35. The van der Waals surface area contributed by atoms with Gasteiger partial charge in [0.2, 0.25) is 0 Å². The lowest BCUT2D eigenvalue weighted by Crippen LogP contribution is -2.22. The van der Waals surface area contributed by atoms with E-state index >= 15 is 0 Å². The zero-order valence-corrected chi connectivity index (χ0v) is 8.91. The van der Waals surface area contributed by atoms with Crippen LogP contribution in [0.15, 0.2) is 12.1 Å². The summed E-state index contributed by atoms with van der Waals surface area (Å²) in [6.07, 6.45) is 0. The molecule has 0 aliphatic carbocycles. The van der Waals surface area contributed by atoms with Crippen molar-refractivity contribution in [1.82, 2.24) is 4.90 Å². The molecule has 0 spiro atoms. The van der Waals surface area contributed by atoms with Gasteiger partial charge in [0.05, 0.1) is 19.3 Å². The van der Waals surface area contributed by atoms with Crippen molar-refractivity contribution in [1.29, 1.82) is 0 Å². The van der Waals surface area contributed by atoms with Crippen LogP contribution in [0.25, 0.3) is 0 Å². The topological polar surface area (TPSA) is 55.6 Å². The fourth-order valence-electron chi connectivity index (χ4n) is 1.93. The largest absolute Gasteiger partial charge is 0.494 e. The van der Waals surface area contributed by atoms with E-state index in [0.717, 1.165) is 5.56 Å². The average molecular weight is 206 g/mol. The first-order valence-electron chi connectivity index (χ1n) is 4.93. The van der Waals surface area contributed by atoms with Gasteiger partial charge in [0, 0.05) is 17.7 Å². The lowest BCUT2D eigenvalue weighted by molar-refractivity contribution is 0.0787. The first kappa shape index (κ1) is 9.83. The quantitative estimate of drug-likeness (QED) is 0.741. The third kappa shape index (κ3) is 1.33. The molecule has 4 heteroatoms. The number of carbonyl (C=O) groups is 1. The number of hydrogen-bond donors (Lipinski definition) is 1. The second-order valence-corrected chi connectivity index (χ2v) is 3.53. The third-order valence-corrected chi connectivity index (χ3v) is 2.74. The number of nitrogens with two attached hydrogens (primary N) is 1. The van der Waals surface area contributed by atoms with Crippen LogP contribution >= 0.6 is 0 Å². The minimum Gasteiger partial charge on any atom is -0.494 e. The summed E-state index contributed by atoms with van der Waals surface area (Å²) < 4.78 is 5.23. The summed E-state index contributed by atoms with van der Waals surface area (Å²) in [5.41, 5.74) is 7.98. The van der Waals surface area contributed by atoms with Crippen LogP contribution in [0.1, 0.15) is 22.8 Å². The Balaban J connectivity index is 2.53. The number of nitrogens with zero attached hydrogens (tertiary/aromatic N) is 1. The van der Waals surface area contributed by atoms with Gasteiger partial charge in [-0.3, -0.25) is 4.79 Å². The predicted octanol–water partition coefficient (Wildman–Crippen LogP) is 1.25. The molecule has 0 radical (unpaired) electrons. The normalized spacial score (nSPS) is 14.3. The van der Waals surface area contributed by atoms with E-state index in [1.807, 2.05) is 6.92 Å². The Labute approximate surface area is 88.6 Å². The van der Waals surface area contributed by atoms with Crippen LogP contribution in [0.3, 0.4) is 0 Å². The number of anilines is 1. The summed E-state index contributed by atoms with van der Waals surface area (Å²) in [6, 6.07) is 3.49. The summed E-state index contributed by atoms with van der Waals surface area (Å²) in [4.78, 5) is 13.6. The van der Waals surface area contributed by atoms with Gasteiger partial charge in [-0.1, -0.05) is 0 Å². The molecule has 1 amide bonds. The van der Waals surface area contributed by atoms with Gasteiger partial charge in [-0.25, -0.2) is 0 Å². The van der Waals surface area contributed by atoms with Crippen molar-refractivity contribution < 1.29 is 9.53 Å². The Bertz CT molecular complexity index is 415. The Morgan fingerprint density at radius 1 is 1.53 bits per heavy atom. The average Bonchev–Trinajstić information content (AvgIpc) is 2.55. The summed E-state index contributed by atoms with van der Waals surface area (Å²) in [7, 11) is 1.57. The number of amides is 1. The Hall–Kier alpha value is -1.71. The first-order chi connectivity index (χ1) is 7.19. The van der Waals surface area contributed by atoms with Crippen molar-refractivity contribution in [3.8, 4) is 5.75 Å². The third-order valence-electron chi connectivity index (χ3n) is 2.74. The molecule has 0 saturated carbocycles. The SMILES string of the molecule is CCN1Cc2c(ccc(N)c2OC)C1=O. The maximum atomic E-state index is 11.8. The van der Waals surface area contributed by atoms with Crippen molar-refractivity contribution in [2.24, 2.45) is 0 Å². The molecule has 1 aliphatic heterocycles. The molecule has 0 saturated heterocycles. The van der Waals surface area contributed by atoms with E-state index in [2.05, 4.69) is 0 Å². The highest BCUT2D eigenvalue weighted by molar-refractivity contribution is 6.00. The minimum absolute atomic E-state index is 0.0609. The van der Waals surface area contributed by atoms with Gasteiger partial charge in [0.1, 0.15) is 5.75 Å². The van der Waals surface area contributed by atoms with Gasteiger partial charge in [0.15, 0.2) is 0 Å². The maximum absolute atomic E-state index is 11.8. The van der Waals surface area contributed by atoms with Crippen LogP contribution in [0.2, 0.25) is 0 Å². The highest BCUT2D eigenvalue weighted by Gasteiger charge is 2.29. The molecule has 2 N–H and O–H groups in total. The lowest BCUT2D eigenvalue weighted by Gasteiger charge is -2.11. The van der Waals surface area contributed by atoms with Crippen LogP contribution in [0.5, 0.6) is 5.75 Å². The van der Waals surface area contributed by atoms with Crippen molar-refractivity contribution in [2.45, 2.75) is 13.5 Å². The van der Waals surface area contributed by atoms with Crippen molar-refractivity contribution >= 4 is 11.6 Å². The molecule has 0 fully saturated rings. The summed E-state index contributed by atoms with van der Waals surface area (Å²) in [5.74, 6) is 0.697. The van der Waals surface area contributed by atoms with Gasteiger partial charge in [0.25, 0.3) is 5.91 Å². The molecule has 4 nitrogen and oxygen atoms in total. The Morgan fingerprint density at radius 2 is 2.27 bits per heavy atom. The van der Waals surface area contributed by atoms with E-state index in [4.69, 9.17) is 10.5 Å². The lowest BCUT2D eigenvalue weighted by atomic mass is 10.1. The van der Waals surface area contributed by atoms with Crippen molar-refractivity contribution in [3.63, 3.8) is 0 Å². The maximum Gasteiger partial charge on any atom is 0.254 e. The summed E-state index contributed by atoms with van der Waals surface area (Å²) in [5, 5.41) is 0. The number of hydrogen-bond acceptors (Lipinski definition) is 3. The molecule has 0 atom stereocenters. The number of nitrogen functional groups attached to an aromatic ring is 1. The highest BCUT2D eigenvalue weighted by atomic mass is 16.5. The van der Waals surface area contributed by atoms with Gasteiger partial charge >= 0.3 is 0 Å². The van der Waals surface area contributed by atoms with E-state index in [0.29, 0.717) is 30.1 Å². The number of methoxy groups -OCH3 is 1. The number of rotatable bonds is 2. The van der Waals surface area contributed by atoms with Crippen molar-refractivity contribution in [2.75, 3.05) is 19.4 Å². The molecular weight excluding hydrogens is 192 g/mol. The summed E-state index contributed by atoms with van der Waals surface area (Å²) in [6.45, 7) is 3.26. The fourth-order valence-corrected chi connectivity index (χ4v) is 1.93. The van der Waals surface area contributed by atoms with Crippen LogP contribution in [-0.2, 0) is 6.54 Å². The number of ether oxygens (including phenoxy) is 1. The fraction of sp³-hybridized carbons (Fsp3) is 0.364. The molecular formula is C11H14N2O2. The zero-order chi connectivity index (χ0) is 11.0. The number of carbonyl (C=O) groups excluding carboxylic acids is 1. The Morgan fingerprint density at radius 3 is 2.87 bits per heavy atom. The smallest absolute Gasteiger partial charge is 0.254 e. The summed E-state index contributed by atoms with van der Waals surface area (Å²) >= 11 is 0. The van der Waals surface area contributed by atoms with E-state index in [1.165, 1.54) is 0 Å². The van der Waals surface area contributed by atoms with E-state index < -0.39 is 0 Å². The molecule has 1 aromatic rings. The molecule has 0 unspecified atom stereocenters. The molecule has 1 aromatic carbocycles. The van der Waals surface area contributed by atoms with Gasteiger partial charge < -0.3 is 15.4 Å². The van der Waals surface area contributed by atoms with Gasteiger partial charge in [-0.2, -0.15) is 0 Å². The van der Waals surface area contributed by atoms with E-state index in [-0.39, 0.29) is 5.91 Å². The van der Waals surface area contributed by atoms with Gasteiger partial charge in [-0.05, 0) is 19.1 Å². The van der Waals surface area contributed by atoms with Crippen LogP contribution < -0.4 is 10.5 Å². The van der Waals surface area contributed by atoms with Crippen molar-refractivity contribution in [3.05, 3.63) is 23.3 Å². The zero-order valence-electron chi connectivity index (χ0n) is 8.91. The first-order valence-corrected chi connectivity index (χ1v) is 4.93. The molecule has 0 bridgehead atoms. The second kappa shape index (κ2) is 3.46. The number of benzene rings is 1. The van der Waals surface area contributed by atoms with Crippen LogP contribution in [-0.4, -0.2) is 24.5 Å². The van der Waals surface area contributed by atoms with Crippen LogP contribution in [0.4, 0.5) is 5.69 Å². The van der Waals surface area contributed by atoms with E-state index in [9.17, 15) is 4.79 Å². The molecule has 0 aromatic heterocycles. The molecule has 2 rings (SSSR count). The second-order valence-electron chi connectivity index (χ2n) is 3.53. The monoisotopic (exact) mass is 206 g/mol. The molecule has 1 aliphatic rings. The van der Waals surface area contributed by atoms with E-state index in [1.54, 1.807) is 24.1 Å². The van der Waals surface area contributed by atoms with Crippen LogP contribution in [0, 0.1) is 0 Å². The molecule has 1 heterocycles.